The van der Waals surface area contributed by atoms with Gasteiger partial charge in [0, 0.05) is 18.5 Å². The number of hydrogen-bond acceptors (Lipinski definition) is 4. The number of aromatic nitrogens is 1. The summed E-state index contributed by atoms with van der Waals surface area (Å²) in [5.74, 6) is 0.669. The summed E-state index contributed by atoms with van der Waals surface area (Å²) >= 11 is 1.68. The Kier molecular flexibility index (Phi) is 4.15. The summed E-state index contributed by atoms with van der Waals surface area (Å²) in [7, 11) is 0. The second-order valence-corrected chi connectivity index (χ2v) is 6.49. The first kappa shape index (κ1) is 13.7. The predicted octanol–water partition coefficient (Wildman–Crippen LogP) is 3.15. The highest BCUT2D eigenvalue weighted by Gasteiger charge is 2.24. The molecule has 2 heterocycles. The summed E-state index contributed by atoms with van der Waals surface area (Å²) in [6.45, 7) is 5.23. The molecular formula is C16H21N3S. The summed E-state index contributed by atoms with van der Waals surface area (Å²) in [4.78, 5) is 7.12. The van der Waals surface area contributed by atoms with E-state index in [4.69, 9.17) is 5.73 Å². The molecule has 106 valence electrons. The van der Waals surface area contributed by atoms with Crippen LogP contribution in [0.3, 0.4) is 0 Å². The van der Waals surface area contributed by atoms with Crippen molar-refractivity contribution in [3.05, 3.63) is 52.0 Å². The van der Waals surface area contributed by atoms with E-state index in [9.17, 15) is 0 Å². The van der Waals surface area contributed by atoms with Crippen molar-refractivity contribution in [2.45, 2.75) is 31.8 Å². The Morgan fingerprint density at radius 2 is 2.20 bits per heavy atom. The number of benzene rings is 1. The molecule has 1 aliphatic rings. The van der Waals surface area contributed by atoms with Gasteiger partial charge in [0.2, 0.25) is 0 Å². The molecule has 0 radical (unpaired) electrons. The third kappa shape index (κ3) is 3.08. The van der Waals surface area contributed by atoms with Crippen LogP contribution in [0.2, 0.25) is 0 Å². The van der Waals surface area contributed by atoms with E-state index < -0.39 is 0 Å². The van der Waals surface area contributed by atoms with E-state index in [0.717, 1.165) is 30.3 Å². The Morgan fingerprint density at radius 1 is 1.40 bits per heavy atom. The van der Waals surface area contributed by atoms with Gasteiger partial charge in [-0.3, -0.25) is 4.90 Å². The van der Waals surface area contributed by atoms with E-state index in [2.05, 4.69) is 45.6 Å². The number of thiazole rings is 1. The lowest BCUT2D eigenvalue weighted by Gasteiger charge is -2.14. The smallest absolute Gasteiger partial charge is 0.109 e. The molecule has 1 fully saturated rings. The number of nitrogens with zero attached hydrogens (tertiary/aromatic N) is 2. The lowest BCUT2D eigenvalue weighted by Crippen LogP contribution is -2.20. The number of nitrogens with two attached hydrogens (primary N) is 1. The Bertz CT molecular complexity index is 550. The van der Waals surface area contributed by atoms with Crippen LogP contribution >= 0.6 is 11.3 Å². The average Bonchev–Trinajstić information content (AvgIpc) is 3.10. The summed E-state index contributed by atoms with van der Waals surface area (Å²) < 4.78 is 0. The van der Waals surface area contributed by atoms with Crippen LogP contribution in [0.1, 0.15) is 41.6 Å². The molecule has 1 aromatic heterocycles. The second-order valence-electron chi connectivity index (χ2n) is 5.60. The van der Waals surface area contributed by atoms with Gasteiger partial charge in [-0.1, -0.05) is 30.3 Å². The maximum absolute atomic E-state index is 5.87. The minimum absolute atomic E-state index is 0.0457. The summed E-state index contributed by atoms with van der Waals surface area (Å²) in [5.41, 5.74) is 8.49. The van der Waals surface area contributed by atoms with Crippen LogP contribution < -0.4 is 5.73 Å². The van der Waals surface area contributed by atoms with Crippen LogP contribution in [0.5, 0.6) is 0 Å². The van der Waals surface area contributed by atoms with Gasteiger partial charge in [-0.15, -0.1) is 11.3 Å². The zero-order chi connectivity index (χ0) is 13.9. The van der Waals surface area contributed by atoms with Crippen LogP contribution in [0, 0.1) is 0 Å². The van der Waals surface area contributed by atoms with E-state index >= 15 is 0 Å². The molecule has 1 aliphatic heterocycles. The molecular weight excluding hydrogens is 266 g/mol. The summed E-state index contributed by atoms with van der Waals surface area (Å²) in [6, 6.07) is 10.9. The van der Waals surface area contributed by atoms with Crippen molar-refractivity contribution in [3.63, 3.8) is 0 Å². The molecule has 0 saturated carbocycles. The third-order valence-electron chi connectivity index (χ3n) is 3.89. The van der Waals surface area contributed by atoms with Gasteiger partial charge >= 0.3 is 0 Å². The molecule has 0 aliphatic carbocycles. The monoisotopic (exact) mass is 287 g/mol. The van der Waals surface area contributed by atoms with Crippen LogP contribution in [0.15, 0.2) is 35.7 Å². The maximum atomic E-state index is 5.87. The topological polar surface area (TPSA) is 42.1 Å². The van der Waals surface area contributed by atoms with Gasteiger partial charge in [-0.05, 0) is 31.4 Å². The highest BCUT2D eigenvalue weighted by Crippen LogP contribution is 2.28. The summed E-state index contributed by atoms with van der Waals surface area (Å²) in [6.07, 6.45) is 1.24. The van der Waals surface area contributed by atoms with E-state index in [1.54, 1.807) is 11.3 Å². The maximum Gasteiger partial charge on any atom is 0.109 e. The fraction of sp³-hybridized carbons (Fsp3) is 0.438. The fourth-order valence-electron chi connectivity index (χ4n) is 2.81. The molecule has 3 rings (SSSR count). The highest BCUT2D eigenvalue weighted by molar-refractivity contribution is 7.09. The number of likely N-dealkylation sites (tertiary alicyclic amines) is 1. The first-order valence-corrected chi connectivity index (χ1v) is 8.07. The summed E-state index contributed by atoms with van der Waals surface area (Å²) in [5, 5.41) is 3.19. The molecule has 4 heteroatoms. The lowest BCUT2D eigenvalue weighted by atomic mass is 9.99. The van der Waals surface area contributed by atoms with Gasteiger partial charge in [0.25, 0.3) is 0 Å². The standard InChI is InChI=1S/C16H21N3S/c1-12(17)16-18-15(11-20-16)10-19-8-7-14(9-19)13-5-3-2-4-6-13/h2-6,11-12,14H,7-10,17H2,1H3. The molecule has 2 aromatic rings. The van der Waals surface area contributed by atoms with Crippen LogP contribution in [0.25, 0.3) is 0 Å². The Balaban J connectivity index is 1.60. The quantitative estimate of drug-likeness (QED) is 0.939. The normalized spacial score (nSPS) is 21.2. The average molecular weight is 287 g/mol. The zero-order valence-electron chi connectivity index (χ0n) is 11.8. The van der Waals surface area contributed by atoms with Gasteiger partial charge < -0.3 is 5.73 Å². The Hall–Kier alpha value is -1.23. The Labute approximate surface area is 124 Å². The van der Waals surface area contributed by atoms with Gasteiger partial charge in [0.15, 0.2) is 0 Å². The largest absolute Gasteiger partial charge is 0.322 e. The van der Waals surface area contributed by atoms with Gasteiger partial charge in [-0.25, -0.2) is 4.98 Å². The highest BCUT2D eigenvalue weighted by atomic mass is 32.1. The van der Waals surface area contributed by atoms with Crippen molar-refractivity contribution >= 4 is 11.3 Å². The van der Waals surface area contributed by atoms with Gasteiger partial charge in [0.1, 0.15) is 5.01 Å². The molecule has 20 heavy (non-hydrogen) atoms. The lowest BCUT2D eigenvalue weighted by molar-refractivity contribution is 0.323. The molecule has 2 atom stereocenters. The molecule has 0 spiro atoms. The number of hydrogen-bond donors (Lipinski definition) is 1. The van der Waals surface area contributed by atoms with Gasteiger partial charge in [0.05, 0.1) is 11.7 Å². The van der Waals surface area contributed by atoms with Crippen molar-refractivity contribution < 1.29 is 0 Å². The van der Waals surface area contributed by atoms with E-state index in [-0.39, 0.29) is 6.04 Å². The van der Waals surface area contributed by atoms with E-state index in [1.165, 1.54) is 12.0 Å². The molecule has 2 unspecified atom stereocenters. The van der Waals surface area contributed by atoms with Crippen molar-refractivity contribution in [2.75, 3.05) is 13.1 Å². The van der Waals surface area contributed by atoms with Crippen molar-refractivity contribution in [1.82, 2.24) is 9.88 Å². The van der Waals surface area contributed by atoms with E-state index in [1.807, 2.05) is 6.92 Å². The Morgan fingerprint density at radius 3 is 2.90 bits per heavy atom. The first-order chi connectivity index (χ1) is 9.72. The fourth-order valence-corrected chi connectivity index (χ4v) is 3.58. The molecule has 1 saturated heterocycles. The minimum atomic E-state index is 0.0457. The van der Waals surface area contributed by atoms with E-state index in [0.29, 0.717) is 5.92 Å². The minimum Gasteiger partial charge on any atom is -0.322 e. The molecule has 0 bridgehead atoms. The van der Waals surface area contributed by atoms with Crippen molar-refractivity contribution in [2.24, 2.45) is 5.73 Å². The number of rotatable bonds is 4. The molecule has 2 N–H and O–H groups in total. The van der Waals surface area contributed by atoms with Crippen LogP contribution in [-0.2, 0) is 6.54 Å². The third-order valence-corrected chi connectivity index (χ3v) is 4.98. The molecule has 3 nitrogen and oxygen atoms in total. The van der Waals surface area contributed by atoms with Crippen LogP contribution in [0.4, 0.5) is 0 Å². The second kappa shape index (κ2) is 6.04. The molecule has 1 aromatic carbocycles. The SMILES string of the molecule is CC(N)c1nc(CN2CCC(c3ccccc3)C2)cs1. The molecule has 0 amide bonds. The van der Waals surface area contributed by atoms with Crippen LogP contribution in [-0.4, -0.2) is 23.0 Å². The van der Waals surface area contributed by atoms with Crippen molar-refractivity contribution in [1.29, 1.82) is 0 Å². The van der Waals surface area contributed by atoms with Gasteiger partial charge in [-0.2, -0.15) is 0 Å². The predicted molar refractivity (Wildman–Crippen MR) is 83.8 cm³/mol. The first-order valence-electron chi connectivity index (χ1n) is 7.19. The van der Waals surface area contributed by atoms with Crippen molar-refractivity contribution in [3.8, 4) is 0 Å². The zero-order valence-corrected chi connectivity index (χ0v) is 12.6.